The Morgan fingerprint density at radius 3 is 2.68 bits per heavy atom. The number of anilines is 2. The van der Waals surface area contributed by atoms with Gasteiger partial charge in [0.15, 0.2) is 6.73 Å². The fourth-order valence-corrected chi connectivity index (χ4v) is 5.83. The van der Waals surface area contributed by atoms with Crippen LogP contribution in [0, 0.1) is 0 Å². The Labute approximate surface area is 232 Å². The normalized spacial score (nSPS) is 16.3. The first-order valence-electron chi connectivity index (χ1n) is 13.0. The molecule has 0 radical (unpaired) electrons. The largest absolute Gasteiger partial charge is 0.510 e. The predicted octanol–water partition coefficient (Wildman–Crippen LogP) is 5.50. The Hall–Kier alpha value is -2.88. The molecule has 38 heavy (non-hydrogen) atoms. The fourth-order valence-electron chi connectivity index (χ4n) is 4.78. The van der Waals surface area contributed by atoms with Crippen molar-refractivity contribution in [2.24, 2.45) is 0 Å². The molecular weight excluding hydrogens is 524 g/mol. The minimum Gasteiger partial charge on any atom is -0.428 e. The van der Waals surface area contributed by atoms with Crippen molar-refractivity contribution in [3.63, 3.8) is 0 Å². The molecule has 0 aliphatic carbocycles. The van der Waals surface area contributed by atoms with E-state index in [4.69, 9.17) is 25.4 Å². The molecular formula is C28H33ClN4O4S. The second-order valence-corrected chi connectivity index (χ2v) is 11.6. The van der Waals surface area contributed by atoms with Gasteiger partial charge < -0.3 is 14.4 Å². The molecule has 1 aromatic heterocycles. The molecule has 10 heteroatoms. The molecule has 0 N–H and O–H groups in total. The quantitative estimate of drug-likeness (QED) is 0.339. The first-order chi connectivity index (χ1) is 18.2. The summed E-state index contributed by atoms with van der Waals surface area (Å²) in [4.78, 5) is 31.0. The van der Waals surface area contributed by atoms with Crippen LogP contribution >= 0.6 is 23.1 Å². The van der Waals surface area contributed by atoms with Crippen LogP contribution in [-0.2, 0) is 27.1 Å². The monoisotopic (exact) mass is 556 g/mol. The zero-order valence-corrected chi connectivity index (χ0v) is 23.6. The molecule has 202 valence electrons. The molecule has 0 atom stereocenters. The van der Waals surface area contributed by atoms with Gasteiger partial charge in [0.25, 0.3) is 0 Å². The summed E-state index contributed by atoms with van der Waals surface area (Å²) in [5.41, 5.74) is 2.00. The SMILES string of the molecule is CCC(C)(C)OC(=O)OCN1C(=O)Cc2cc(CCN3CCN(c4nsc5ccccc45)CC3)c(Cl)cc21. The van der Waals surface area contributed by atoms with Gasteiger partial charge in [-0.25, -0.2) is 4.79 Å². The number of benzene rings is 2. The Balaban J connectivity index is 1.15. The Morgan fingerprint density at radius 2 is 1.92 bits per heavy atom. The molecule has 2 aliphatic heterocycles. The zero-order valence-electron chi connectivity index (χ0n) is 22.0. The van der Waals surface area contributed by atoms with E-state index in [1.54, 1.807) is 11.5 Å². The smallest absolute Gasteiger partial charge is 0.428 e. The number of carbonyl (C=O) groups excluding carboxylic acids is 2. The van der Waals surface area contributed by atoms with Crippen LogP contribution in [0.4, 0.5) is 16.3 Å². The van der Waals surface area contributed by atoms with Crippen LogP contribution in [0.25, 0.3) is 10.1 Å². The van der Waals surface area contributed by atoms with Gasteiger partial charge in [0.1, 0.15) is 11.4 Å². The van der Waals surface area contributed by atoms with Gasteiger partial charge in [-0.05, 0) is 67.5 Å². The van der Waals surface area contributed by atoms with Crippen LogP contribution in [0.15, 0.2) is 36.4 Å². The molecule has 1 amide bonds. The summed E-state index contributed by atoms with van der Waals surface area (Å²) in [6, 6.07) is 12.2. The maximum atomic E-state index is 12.7. The summed E-state index contributed by atoms with van der Waals surface area (Å²) in [6.07, 6.45) is 0.932. The third kappa shape index (κ3) is 5.75. The highest BCUT2D eigenvalue weighted by molar-refractivity contribution is 7.13. The lowest BCUT2D eigenvalue weighted by molar-refractivity contribution is -0.118. The Kier molecular flexibility index (Phi) is 7.79. The van der Waals surface area contributed by atoms with E-state index in [0.29, 0.717) is 17.1 Å². The number of ether oxygens (including phenoxy) is 2. The zero-order chi connectivity index (χ0) is 26.9. The molecule has 8 nitrogen and oxygen atoms in total. The van der Waals surface area contributed by atoms with Gasteiger partial charge in [0.2, 0.25) is 5.91 Å². The molecule has 0 bridgehead atoms. The molecule has 2 aromatic carbocycles. The highest BCUT2D eigenvalue weighted by Gasteiger charge is 2.31. The average Bonchev–Trinajstić information content (AvgIpc) is 3.46. The van der Waals surface area contributed by atoms with E-state index in [-0.39, 0.29) is 19.1 Å². The highest BCUT2D eigenvalue weighted by atomic mass is 35.5. The molecule has 3 aromatic rings. The lowest BCUT2D eigenvalue weighted by Crippen LogP contribution is -2.47. The number of fused-ring (bicyclic) bond motifs is 2. The highest BCUT2D eigenvalue weighted by Crippen LogP contribution is 2.35. The lowest BCUT2D eigenvalue weighted by Gasteiger charge is -2.35. The maximum Gasteiger partial charge on any atom is 0.510 e. The molecule has 1 fully saturated rings. The van der Waals surface area contributed by atoms with Crippen molar-refractivity contribution in [2.75, 3.05) is 49.3 Å². The number of piperazine rings is 1. The van der Waals surface area contributed by atoms with Crippen molar-refractivity contribution < 1.29 is 19.1 Å². The van der Waals surface area contributed by atoms with E-state index in [1.807, 2.05) is 32.9 Å². The van der Waals surface area contributed by atoms with Crippen molar-refractivity contribution in [3.05, 3.63) is 52.5 Å². The van der Waals surface area contributed by atoms with Crippen molar-refractivity contribution >= 4 is 56.8 Å². The molecule has 3 heterocycles. The van der Waals surface area contributed by atoms with Crippen molar-refractivity contribution in [1.29, 1.82) is 0 Å². The summed E-state index contributed by atoms with van der Waals surface area (Å²) < 4.78 is 16.5. The van der Waals surface area contributed by atoms with Gasteiger partial charge in [-0.3, -0.25) is 14.6 Å². The van der Waals surface area contributed by atoms with E-state index in [1.165, 1.54) is 15.0 Å². The van der Waals surface area contributed by atoms with Crippen molar-refractivity contribution in [1.82, 2.24) is 9.27 Å². The topological polar surface area (TPSA) is 75.2 Å². The minimum absolute atomic E-state index is 0.124. The number of carbonyl (C=O) groups is 2. The summed E-state index contributed by atoms with van der Waals surface area (Å²) >= 11 is 8.21. The second kappa shape index (κ2) is 11.1. The summed E-state index contributed by atoms with van der Waals surface area (Å²) in [6.45, 7) is 10.1. The first kappa shape index (κ1) is 26.7. The summed E-state index contributed by atoms with van der Waals surface area (Å²) in [5.74, 6) is 0.967. The van der Waals surface area contributed by atoms with Crippen molar-refractivity contribution in [3.8, 4) is 0 Å². The third-order valence-corrected chi connectivity index (χ3v) is 8.60. The van der Waals surface area contributed by atoms with Crippen LogP contribution in [0.3, 0.4) is 0 Å². The van der Waals surface area contributed by atoms with Gasteiger partial charge in [0, 0.05) is 43.1 Å². The number of aromatic nitrogens is 1. The van der Waals surface area contributed by atoms with E-state index < -0.39 is 11.8 Å². The van der Waals surface area contributed by atoms with E-state index >= 15 is 0 Å². The Bertz CT molecular complexity index is 1340. The number of nitrogens with zero attached hydrogens (tertiary/aromatic N) is 4. The van der Waals surface area contributed by atoms with Crippen molar-refractivity contribution in [2.45, 2.75) is 45.6 Å². The standard InChI is InChI=1S/C28H33ClN4O4S/c1-4-28(2,3)37-27(35)36-18-33-23-17-22(29)19(15-20(23)16-25(33)34)9-10-31-11-13-32(14-12-31)26-21-7-5-6-8-24(21)38-30-26/h5-8,15,17H,4,9-14,16,18H2,1-3H3. The van der Waals surface area contributed by atoms with Crippen LogP contribution in [0.1, 0.15) is 38.3 Å². The summed E-state index contributed by atoms with van der Waals surface area (Å²) in [5, 5.41) is 1.84. The molecule has 2 aliphatic rings. The number of rotatable bonds is 8. The fraction of sp³-hybridized carbons (Fsp3) is 0.464. The van der Waals surface area contributed by atoms with Gasteiger partial charge in [-0.2, -0.15) is 4.37 Å². The van der Waals surface area contributed by atoms with Crippen LogP contribution in [0.5, 0.6) is 0 Å². The molecule has 5 rings (SSSR count). The minimum atomic E-state index is -0.788. The molecule has 0 saturated carbocycles. The van der Waals surface area contributed by atoms with Gasteiger partial charge in [-0.15, -0.1) is 0 Å². The molecule has 0 spiro atoms. The predicted molar refractivity (Wildman–Crippen MR) is 151 cm³/mol. The maximum absolute atomic E-state index is 12.7. The molecule has 0 unspecified atom stereocenters. The first-order valence-corrected chi connectivity index (χ1v) is 14.2. The number of halogens is 1. The third-order valence-electron chi connectivity index (χ3n) is 7.43. The van der Waals surface area contributed by atoms with E-state index in [0.717, 1.165) is 56.1 Å². The van der Waals surface area contributed by atoms with Crippen LogP contribution in [-0.4, -0.2) is 66.4 Å². The number of amides is 1. The number of hydrogen-bond acceptors (Lipinski definition) is 8. The van der Waals surface area contributed by atoms with Crippen LogP contribution in [0.2, 0.25) is 5.02 Å². The van der Waals surface area contributed by atoms with Gasteiger partial charge >= 0.3 is 6.16 Å². The lowest BCUT2D eigenvalue weighted by atomic mass is 10.1. The molecule has 1 saturated heterocycles. The average molecular weight is 557 g/mol. The van der Waals surface area contributed by atoms with Crippen LogP contribution < -0.4 is 9.80 Å². The second-order valence-electron chi connectivity index (χ2n) is 10.4. The number of hydrogen-bond donors (Lipinski definition) is 0. The van der Waals surface area contributed by atoms with E-state index in [9.17, 15) is 9.59 Å². The Morgan fingerprint density at radius 1 is 1.16 bits per heavy atom. The van der Waals surface area contributed by atoms with E-state index in [2.05, 4.69) is 34.1 Å². The van der Waals surface area contributed by atoms with Gasteiger partial charge in [-0.1, -0.05) is 36.7 Å². The van der Waals surface area contributed by atoms with Gasteiger partial charge in [0.05, 0.1) is 16.8 Å². The summed E-state index contributed by atoms with van der Waals surface area (Å²) in [7, 11) is 0.